The number of hydrogen-bond donors (Lipinski definition) is 1. The third-order valence-corrected chi connectivity index (χ3v) is 0. The first-order valence-electron chi connectivity index (χ1n) is 0.447. The van der Waals surface area contributed by atoms with Gasteiger partial charge in [-0.1, -0.05) is 0 Å². The Bertz CT molecular complexity index is 31.1. The van der Waals surface area contributed by atoms with Crippen molar-refractivity contribution in [1.82, 2.24) is 0 Å². The van der Waals surface area contributed by atoms with Gasteiger partial charge in [-0.15, -0.1) is 0 Å². The van der Waals surface area contributed by atoms with Gasteiger partial charge in [0.15, 0.2) is 0 Å². The average Bonchev–Trinajstić information content (AvgIpc) is 0.918. The molecule has 0 aromatic heterocycles. The maximum absolute atomic E-state index is 6.88. The van der Waals surface area contributed by atoms with E-state index in [1.165, 1.54) is 0 Å². The van der Waals surface area contributed by atoms with Gasteiger partial charge < -0.3 is 5.11 Å². The van der Waals surface area contributed by atoms with Crippen LogP contribution < -0.4 is 0 Å². The van der Waals surface area contributed by atoms with Crippen molar-refractivity contribution in [2.24, 2.45) is 0 Å². The first kappa shape index (κ1) is 15.6. The number of aliphatic hydroxyl groups is 1. The summed E-state index contributed by atoms with van der Waals surface area (Å²) in [5.74, 6) is 0. The number of hydrogen-bond acceptors (Lipinski definition) is 2. The summed E-state index contributed by atoms with van der Waals surface area (Å²) in [6, 6.07) is 0. The van der Waals surface area contributed by atoms with Gasteiger partial charge in [0.05, 0.1) is 0 Å². The fourth-order valence-electron chi connectivity index (χ4n) is 0. The van der Waals surface area contributed by atoms with Gasteiger partial charge in [0.2, 0.25) is 0 Å². The summed E-state index contributed by atoms with van der Waals surface area (Å²) in [6.45, 7) is 0. The fourth-order valence-corrected chi connectivity index (χ4v) is 0. The van der Waals surface area contributed by atoms with E-state index in [1.54, 1.807) is 0 Å². The van der Waals surface area contributed by atoms with Gasteiger partial charge in [0, 0.05) is 0 Å². The normalized spacial score (nSPS) is 1.40. The molecule has 0 amide bonds. The van der Waals surface area contributed by atoms with E-state index in [-0.39, 0.29) is 103 Å². The molecule has 2 nitrogen and oxygen atoms in total. The van der Waals surface area contributed by atoms with E-state index in [1.807, 2.05) is 0 Å². The van der Waals surface area contributed by atoms with Gasteiger partial charge in [-0.05, 0) is 0 Å². The molecule has 0 spiro atoms. The molecular formula is CH3K2NO. The Labute approximate surface area is 116 Å². The molecule has 1 N–H and O–H groups in total. The molecule has 0 radical (unpaired) electrons. The molecule has 0 aliphatic carbocycles. The zero-order valence-electron chi connectivity index (χ0n) is 1.39. The molecular weight excluding hydrogens is 120 g/mol. The monoisotopic (exact) mass is 123 g/mol. The van der Waals surface area contributed by atoms with Crippen LogP contribution in [-0.2, 0) is 0 Å². The molecule has 0 aliphatic rings. The second kappa shape index (κ2) is 16.0. The molecule has 0 saturated carbocycles. The Kier molecular flexibility index (Phi) is 50.1. The van der Waals surface area contributed by atoms with Crippen LogP contribution in [0.25, 0.3) is 0 Å². The van der Waals surface area contributed by atoms with Crippen molar-refractivity contribution in [3.8, 4) is 6.26 Å². The quantitative estimate of drug-likeness (QED) is 0.316. The van der Waals surface area contributed by atoms with E-state index in [9.17, 15) is 0 Å². The molecule has 0 unspecified atom stereocenters. The van der Waals surface area contributed by atoms with Crippen LogP contribution in [0.15, 0.2) is 0 Å². The van der Waals surface area contributed by atoms with Crippen LogP contribution in [-0.4, -0.2) is 108 Å². The standard InChI is InChI=1S/CHNO.2K.2H/c2-1-3;;;;/h3H;;;;. The molecule has 0 aromatic carbocycles. The van der Waals surface area contributed by atoms with E-state index in [0.29, 0.717) is 0 Å². The van der Waals surface area contributed by atoms with Crippen molar-refractivity contribution < 1.29 is 5.11 Å². The summed E-state index contributed by atoms with van der Waals surface area (Å²) in [5.41, 5.74) is 0. The Morgan fingerprint density at radius 2 is 1.40 bits per heavy atom. The Balaban J connectivity index is -0.0000000200. The maximum atomic E-state index is 6.88. The SMILES string of the molecule is N#CO.[KH].[KH]. The minimum absolute atomic E-state index is 0. The summed E-state index contributed by atoms with van der Waals surface area (Å²) in [7, 11) is 0. The molecule has 0 aliphatic heterocycles. The summed E-state index contributed by atoms with van der Waals surface area (Å²) >= 11 is 0. The van der Waals surface area contributed by atoms with Crippen molar-refractivity contribution in [1.29, 1.82) is 5.26 Å². The van der Waals surface area contributed by atoms with Gasteiger partial charge >= 0.3 is 103 Å². The van der Waals surface area contributed by atoms with E-state index >= 15 is 0 Å². The summed E-state index contributed by atoms with van der Waals surface area (Å²) < 4.78 is 0. The van der Waals surface area contributed by atoms with Crippen molar-refractivity contribution >= 4 is 103 Å². The van der Waals surface area contributed by atoms with Gasteiger partial charge in [0.1, 0.15) is 0 Å². The van der Waals surface area contributed by atoms with Crippen LogP contribution in [0.3, 0.4) is 0 Å². The van der Waals surface area contributed by atoms with E-state index in [2.05, 4.69) is 0 Å². The van der Waals surface area contributed by atoms with Crippen molar-refractivity contribution in [2.45, 2.75) is 0 Å². The molecule has 0 heterocycles. The van der Waals surface area contributed by atoms with Crippen molar-refractivity contribution in [2.75, 3.05) is 0 Å². The van der Waals surface area contributed by atoms with Gasteiger partial charge in [-0.3, -0.25) is 0 Å². The van der Waals surface area contributed by atoms with E-state index in [4.69, 9.17) is 10.4 Å². The van der Waals surface area contributed by atoms with Gasteiger partial charge in [0.25, 0.3) is 6.26 Å². The third kappa shape index (κ3) is 20.8. The predicted octanol–water partition coefficient (Wildman–Crippen LogP) is -1.46. The third-order valence-electron chi connectivity index (χ3n) is 0. The second-order valence-electron chi connectivity index (χ2n) is 0.100. The van der Waals surface area contributed by atoms with Crippen LogP contribution in [0.1, 0.15) is 0 Å². The Hall–Kier alpha value is 2.56. The summed E-state index contributed by atoms with van der Waals surface area (Å²) in [5, 5.41) is 13.8. The Morgan fingerprint density at radius 3 is 1.40 bits per heavy atom. The molecule has 0 atom stereocenters. The van der Waals surface area contributed by atoms with Crippen molar-refractivity contribution in [3.05, 3.63) is 0 Å². The molecule has 0 saturated heterocycles. The number of rotatable bonds is 0. The first-order chi connectivity index (χ1) is 1.41. The number of nitrogens with zero attached hydrogens (tertiary/aromatic N) is 1. The second-order valence-corrected chi connectivity index (χ2v) is 0.100. The topological polar surface area (TPSA) is 44.0 Å². The molecule has 0 rings (SSSR count). The zero-order chi connectivity index (χ0) is 2.71. The fraction of sp³-hybridized carbons (Fsp3) is 0. The number of nitriles is 1. The molecule has 0 aromatic rings. The molecule has 20 valence electrons. The average molecular weight is 123 g/mol. The predicted molar refractivity (Wildman–Crippen MR) is 21.8 cm³/mol. The van der Waals surface area contributed by atoms with Crippen LogP contribution in [0.5, 0.6) is 0 Å². The molecule has 0 bridgehead atoms. The number of aliphatic hydroxyl groups excluding tert-OH is 1. The van der Waals surface area contributed by atoms with Gasteiger partial charge in [-0.25, -0.2) is 0 Å². The van der Waals surface area contributed by atoms with Crippen LogP contribution >= 0.6 is 0 Å². The van der Waals surface area contributed by atoms with E-state index < -0.39 is 0 Å². The molecule has 0 fully saturated rings. The molecule has 4 heteroatoms. The summed E-state index contributed by atoms with van der Waals surface area (Å²) in [6.07, 6.45) is 0.750. The van der Waals surface area contributed by atoms with Crippen LogP contribution in [0, 0.1) is 11.5 Å². The summed E-state index contributed by atoms with van der Waals surface area (Å²) in [4.78, 5) is 0. The van der Waals surface area contributed by atoms with Crippen molar-refractivity contribution in [3.63, 3.8) is 0 Å². The zero-order valence-corrected chi connectivity index (χ0v) is 1.39. The van der Waals surface area contributed by atoms with Crippen LogP contribution in [0.2, 0.25) is 0 Å². The van der Waals surface area contributed by atoms with Crippen LogP contribution in [0.4, 0.5) is 0 Å². The first-order valence-corrected chi connectivity index (χ1v) is 0.447. The van der Waals surface area contributed by atoms with E-state index in [0.717, 1.165) is 6.26 Å². The Morgan fingerprint density at radius 1 is 1.40 bits per heavy atom. The van der Waals surface area contributed by atoms with Gasteiger partial charge in [-0.2, -0.15) is 5.26 Å². The molecule has 5 heavy (non-hydrogen) atoms. The minimum atomic E-state index is 0.